The molecule has 3 aliphatic heterocycles. The molecule has 0 unspecified atom stereocenters. The second-order valence-electron chi connectivity index (χ2n) is 8.65. The monoisotopic (exact) mass is 409 g/mol. The van der Waals surface area contributed by atoms with Gasteiger partial charge in [0, 0.05) is 30.7 Å². The van der Waals surface area contributed by atoms with Crippen molar-refractivity contribution in [2.75, 3.05) is 39.9 Å². The normalized spacial score (nSPS) is 29.9. The van der Waals surface area contributed by atoms with Crippen LogP contribution in [0.4, 0.5) is 13.6 Å². The highest BCUT2D eigenvalue weighted by molar-refractivity contribution is 5.67. The van der Waals surface area contributed by atoms with Gasteiger partial charge in [-0.2, -0.15) is 0 Å². The maximum absolute atomic E-state index is 14.1. The average Bonchev–Trinajstić information content (AvgIpc) is 3.13. The minimum absolute atomic E-state index is 0.174. The number of halogens is 2. The first kappa shape index (κ1) is 20.5. The van der Waals surface area contributed by atoms with Crippen LogP contribution < -0.4 is 5.73 Å². The molecular weight excluding hydrogens is 380 g/mol. The summed E-state index contributed by atoms with van der Waals surface area (Å²) >= 11 is 0. The van der Waals surface area contributed by atoms with Crippen LogP contribution in [0.15, 0.2) is 18.2 Å². The highest BCUT2D eigenvalue weighted by Crippen LogP contribution is 2.42. The van der Waals surface area contributed by atoms with E-state index in [0.29, 0.717) is 13.0 Å². The zero-order valence-electron chi connectivity index (χ0n) is 16.8. The fourth-order valence-electron chi connectivity index (χ4n) is 5.14. The van der Waals surface area contributed by atoms with Crippen molar-refractivity contribution in [1.82, 2.24) is 9.80 Å². The van der Waals surface area contributed by atoms with E-state index in [9.17, 15) is 13.6 Å². The minimum atomic E-state index is -0.624. The van der Waals surface area contributed by atoms with E-state index in [1.807, 2.05) is 0 Å². The molecule has 3 fully saturated rings. The maximum atomic E-state index is 14.1. The molecule has 6 nitrogen and oxygen atoms in total. The molecule has 3 aliphatic rings. The number of hydrogen-bond donors (Lipinski definition) is 1. The number of methoxy groups -OCH3 is 1. The van der Waals surface area contributed by atoms with Gasteiger partial charge >= 0.3 is 6.09 Å². The minimum Gasteiger partial charge on any atom is -0.453 e. The number of nitrogens with two attached hydrogens (primary N) is 1. The van der Waals surface area contributed by atoms with Gasteiger partial charge in [-0.05, 0) is 62.4 Å². The second kappa shape index (κ2) is 8.16. The Hall–Kier alpha value is -1.77. The van der Waals surface area contributed by atoms with Gasteiger partial charge in [0.25, 0.3) is 0 Å². The third kappa shape index (κ3) is 4.11. The molecular formula is C21H29F2N3O3. The second-order valence-corrected chi connectivity index (χ2v) is 8.65. The predicted octanol–water partition coefficient (Wildman–Crippen LogP) is 2.68. The zero-order valence-corrected chi connectivity index (χ0v) is 16.8. The van der Waals surface area contributed by atoms with Gasteiger partial charge in [-0.25, -0.2) is 13.6 Å². The van der Waals surface area contributed by atoms with E-state index in [4.69, 9.17) is 15.2 Å². The maximum Gasteiger partial charge on any atom is 0.409 e. The Balaban J connectivity index is 1.33. The van der Waals surface area contributed by atoms with Gasteiger partial charge < -0.3 is 20.1 Å². The van der Waals surface area contributed by atoms with Crippen molar-refractivity contribution < 1.29 is 23.0 Å². The standard InChI is InChI=1S/C21H29F2N3O3/c1-28-20(27)26-9-6-21(13-26)4-7-25(8-5-21)15-11-18(24)19(29-12-15)16-10-14(22)2-3-17(16)23/h2-3,10,15,18-19H,4-9,11-13,24H2,1H3/t15-,18+,19-/m1/s1. The van der Waals surface area contributed by atoms with E-state index in [1.165, 1.54) is 13.2 Å². The lowest BCUT2D eigenvalue weighted by molar-refractivity contribution is -0.0628. The van der Waals surface area contributed by atoms with Crippen molar-refractivity contribution >= 4 is 6.09 Å². The van der Waals surface area contributed by atoms with Gasteiger partial charge in [-0.1, -0.05) is 0 Å². The molecule has 1 amide bonds. The highest BCUT2D eigenvalue weighted by Gasteiger charge is 2.44. The van der Waals surface area contributed by atoms with Crippen molar-refractivity contribution in [2.24, 2.45) is 11.1 Å². The number of amides is 1. The van der Waals surface area contributed by atoms with Gasteiger partial charge in [0.05, 0.1) is 13.7 Å². The molecule has 2 N–H and O–H groups in total. The quantitative estimate of drug-likeness (QED) is 0.814. The largest absolute Gasteiger partial charge is 0.453 e. The molecule has 3 atom stereocenters. The summed E-state index contributed by atoms with van der Waals surface area (Å²) in [6, 6.07) is 3.19. The Kier molecular flexibility index (Phi) is 5.77. The number of benzene rings is 1. The molecule has 0 aliphatic carbocycles. The average molecular weight is 409 g/mol. The SMILES string of the molecule is COC(=O)N1CCC2(CCN([C@H]3CO[C@H](c4cc(F)ccc4F)[C@@H](N)C3)CC2)C1. The van der Waals surface area contributed by atoms with Gasteiger partial charge in [0.15, 0.2) is 0 Å². The number of likely N-dealkylation sites (tertiary alicyclic amines) is 2. The topological polar surface area (TPSA) is 68.0 Å². The van der Waals surface area contributed by atoms with E-state index >= 15 is 0 Å². The summed E-state index contributed by atoms with van der Waals surface area (Å²) in [7, 11) is 1.42. The van der Waals surface area contributed by atoms with Gasteiger partial charge in [0.1, 0.15) is 17.7 Å². The first-order chi connectivity index (χ1) is 13.9. The Labute approximate surface area is 169 Å². The molecule has 0 radical (unpaired) electrons. The number of carbonyl (C=O) groups excluding carboxylic acids is 1. The van der Waals surface area contributed by atoms with E-state index in [0.717, 1.165) is 57.6 Å². The van der Waals surface area contributed by atoms with Crippen molar-refractivity contribution in [3.8, 4) is 0 Å². The smallest absolute Gasteiger partial charge is 0.409 e. The fraction of sp³-hybridized carbons (Fsp3) is 0.667. The summed E-state index contributed by atoms with van der Waals surface area (Å²) in [5.41, 5.74) is 6.68. The van der Waals surface area contributed by atoms with Gasteiger partial charge in [-0.15, -0.1) is 0 Å². The van der Waals surface area contributed by atoms with E-state index in [1.54, 1.807) is 4.90 Å². The molecule has 1 aromatic rings. The van der Waals surface area contributed by atoms with Crippen LogP contribution in [-0.4, -0.2) is 67.9 Å². The van der Waals surface area contributed by atoms with Crippen molar-refractivity contribution in [2.45, 2.75) is 43.9 Å². The van der Waals surface area contributed by atoms with Crippen molar-refractivity contribution in [1.29, 1.82) is 0 Å². The Morgan fingerprint density at radius 1 is 1.24 bits per heavy atom. The first-order valence-corrected chi connectivity index (χ1v) is 10.3. The Morgan fingerprint density at radius 3 is 2.66 bits per heavy atom. The molecule has 0 aromatic heterocycles. The lowest BCUT2D eigenvalue weighted by Gasteiger charge is -2.45. The van der Waals surface area contributed by atoms with Crippen LogP contribution in [0.25, 0.3) is 0 Å². The molecule has 0 saturated carbocycles. The van der Waals surface area contributed by atoms with E-state index in [2.05, 4.69) is 4.90 Å². The molecule has 3 saturated heterocycles. The van der Waals surface area contributed by atoms with E-state index in [-0.39, 0.29) is 29.2 Å². The molecule has 0 bridgehead atoms. The third-order valence-corrected chi connectivity index (χ3v) is 6.91. The molecule has 3 heterocycles. The molecule has 160 valence electrons. The lowest BCUT2D eigenvalue weighted by Crippen LogP contribution is -2.53. The molecule has 8 heteroatoms. The summed E-state index contributed by atoms with van der Waals surface area (Å²) in [4.78, 5) is 16.0. The predicted molar refractivity (Wildman–Crippen MR) is 103 cm³/mol. The van der Waals surface area contributed by atoms with Crippen LogP contribution in [-0.2, 0) is 9.47 Å². The van der Waals surface area contributed by atoms with Crippen LogP contribution in [0.1, 0.15) is 37.4 Å². The number of rotatable bonds is 2. The first-order valence-electron chi connectivity index (χ1n) is 10.3. The summed E-state index contributed by atoms with van der Waals surface area (Å²) < 4.78 is 38.4. The van der Waals surface area contributed by atoms with E-state index < -0.39 is 17.7 Å². The number of ether oxygens (including phenoxy) is 2. The number of carbonyl (C=O) groups is 1. The molecule has 29 heavy (non-hydrogen) atoms. The van der Waals surface area contributed by atoms with Gasteiger partial charge in [0.2, 0.25) is 0 Å². The van der Waals surface area contributed by atoms with Crippen molar-refractivity contribution in [3.05, 3.63) is 35.4 Å². The number of piperidine rings is 1. The Morgan fingerprint density at radius 2 is 1.97 bits per heavy atom. The summed E-state index contributed by atoms with van der Waals surface area (Å²) in [6.45, 7) is 3.82. The van der Waals surface area contributed by atoms with Crippen molar-refractivity contribution in [3.63, 3.8) is 0 Å². The summed E-state index contributed by atoms with van der Waals surface area (Å²) in [6.07, 6.45) is 2.87. The summed E-state index contributed by atoms with van der Waals surface area (Å²) in [5, 5.41) is 0. The van der Waals surface area contributed by atoms with Crippen LogP contribution >= 0.6 is 0 Å². The number of hydrogen-bond acceptors (Lipinski definition) is 5. The van der Waals surface area contributed by atoms with Crippen LogP contribution in [0, 0.1) is 17.0 Å². The molecule has 1 spiro atoms. The van der Waals surface area contributed by atoms with Gasteiger partial charge in [-0.3, -0.25) is 4.90 Å². The van der Waals surface area contributed by atoms with Crippen LogP contribution in [0.5, 0.6) is 0 Å². The third-order valence-electron chi connectivity index (χ3n) is 6.91. The Bertz CT molecular complexity index is 755. The fourth-order valence-corrected chi connectivity index (χ4v) is 5.14. The zero-order chi connectivity index (χ0) is 20.6. The molecule has 1 aromatic carbocycles. The lowest BCUT2D eigenvalue weighted by atomic mass is 9.77. The van der Waals surface area contributed by atoms with Crippen LogP contribution in [0.2, 0.25) is 0 Å². The highest BCUT2D eigenvalue weighted by atomic mass is 19.1. The summed E-state index contributed by atoms with van der Waals surface area (Å²) in [5.74, 6) is -0.972. The molecule has 4 rings (SSSR count). The number of nitrogens with zero attached hydrogens (tertiary/aromatic N) is 2. The van der Waals surface area contributed by atoms with Crippen LogP contribution in [0.3, 0.4) is 0 Å².